The highest BCUT2D eigenvalue weighted by molar-refractivity contribution is 4.62. The van der Waals surface area contributed by atoms with Crippen LogP contribution in [0.1, 0.15) is 110 Å². The van der Waals surface area contributed by atoms with E-state index < -0.39 is 6.10 Å². The van der Waals surface area contributed by atoms with Gasteiger partial charge in [-0.2, -0.15) is 0 Å². The molecule has 0 fully saturated rings. The van der Waals surface area contributed by atoms with E-state index in [1.54, 1.807) is 0 Å². The Balaban J connectivity index is 3.69. The predicted octanol–water partition coefficient (Wildman–Crippen LogP) is 5.62. The van der Waals surface area contributed by atoms with Crippen molar-refractivity contribution in [3.8, 4) is 0 Å². The molecule has 0 bridgehead atoms. The summed E-state index contributed by atoms with van der Waals surface area (Å²) in [6.07, 6.45) is 18.9. The smallest absolute Gasteiger partial charge is 0.100 e. The van der Waals surface area contributed by atoms with Crippen LogP contribution in [0.5, 0.6) is 0 Å². The second-order valence-electron chi connectivity index (χ2n) is 7.26. The third kappa shape index (κ3) is 16.7. The lowest BCUT2D eigenvalue weighted by Gasteiger charge is -2.19. The first kappa shape index (κ1) is 23.9. The molecule has 2 atom stereocenters. The monoisotopic (exact) mass is 344 g/mol. The number of aliphatic hydroxyl groups excluding tert-OH is 2. The highest BCUT2D eigenvalue weighted by Gasteiger charge is 2.11. The van der Waals surface area contributed by atoms with Crippen molar-refractivity contribution in [3.63, 3.8) is 0 Å². The highest BCUT2D eigenvalue weighted by atomic mass is 16.5. The van der Waals surface area contributed by atoms with Crippen LogP contribution in [0.15, 0.2) is 0 Å². The second-order valence-corrected chi connectivity index (χ2v) is 7.26. The minimum atomic E-state index is -0.730. The number of ether oxygens (including phenoxy) is 1. The zero-order valence-corrected chi connectivity index (χ0v) is 16.5. The maximum Gasteiger partial charge on any atom is 0.100 e. The zero-order chi connectivity index (χ0) is 17.9. The van der Waals surface area contributed by atoms with Gasteiger partial charge < -0.3 is 14.9 Å². The molecule has 2 N–H and O–H groups in total. The van der Waals surface area contributed by atoms with Gasteiger partial charge in [0.2, 0.25) is 0 Å². The molecular weight excluding hydrogens is 300 g/mol. The molecule has 0 spiro atoms. The van der Waals surface area contributed by atoms with E-state index in [-0.39, 0.29) is 19.3 Å². The van der Waals surface area contributed by atoms with Crippen LogP contribution < -0.4 is 0 Å². The molecule has 0 rings (SSSR count). The fourth-order valence-electron chi connectivity index (χ4n) is 3.09. The van der Waals surface area contributed by atoms with E-state index in [4.69, 9.17) is 9.84 Å². The summed E-state index contributed by atoms with van der Waals surface area (Å²) in [6.45, 7) is 4.56. The van der Waals surface area contributed by atoms with E-state index in [1.165, 1.54) is 83.5 Å². The zero-order valence-electron chi connectivity index (χ0n) is 16.5. The van der Waals surface area contributed by atoms with Crippen molar-refractivity contribution in [1.29, 1.82) is 0 Å². The SMILES string of the molecule is CCCCCCCCCCCC(CCCCCC)OC[C@@H](O)CO. The molecule has 0 radical (unpaired) electrons. The minimum absolute atomic E-state index is 0.208. The number of unbranched alkanes of at least 4 members (excludes halogenated alkanes) is 11. The van der Waals surface area contributed by atoms with E-state index >= 15 is 0 Å². The fourth-order valence-corrected chi connectivity index (χ4v) is 3.09. The van der Waals surface area contributed by atoms with Crippen LogP contribution in [0.3, 0.4) is 0 Å². The molecule has 0 saturated carbocycles. The molecule has 0 heterocycles. The second kappa shape index (κ2) is 19.2. The van der Waals surface area contributed by atoms with E-state index in [0.29, 0.717) is 0 Å². The molecule has 0 amide bonds. The first-order valence-corrected chi connectivity index (χ1v) is 10.6. The number of aliphatic hydroxyl groups is 2. The van der Waals surface area contributed by atoms with Crippen molar-refractivity contribution in [3.05, 3.63) is 0 Å². The summed E-state index contributed by atoms with van der Waals surface area (Å²) in [5, 5.41) is 18.4. The first-order chi connectivity index (χ1) is 11.7. The van der Waals surface area contributed by atoms with Crippen molar-refractivity contribution < 1.29 is 14.9 Å². The fraction of sp³-hybridized carbons (Fsp3) is 1.00. The Morgan fingerprint density at radius 3 is 1.54 bits per heavy atom. The Morgan fingerprint density at radius 1 is 0.667 bits per heavy atom. The molecule has 1 unspecified atom stereocenters. The van der Waals surface area contributed by atoms with Gasteiger partial charge in [0.25, 0.3) is 0 Å². The van der Waals surface area contributed by atoms with Gasteiger partial charge in [0.05, 0.1) is 19.3 Å². The Morgan fingerprint density at radius 2 is 1.08 bits per heavy atom. The van der Waals surface area contributed by atoms with Crippen molar-refractivity contribution in [2.75, 3.05) is 13.2 Å². The first-order valence-electron chi connectivity index (χ1n) is 10.6. The topological polar surface area (TPSA) is 49.7 Å². The largest absolute Gasteiger partial charge is 0.394 e. The highest BCUT2D eigenvalue weighted by Crippen LogP contribution is 2.17. The summed E-state index contributed by atoms with van der Waals surface area (Å²) in [5.74, 6) is 0. The number of rotatable bonds is 19. The maximum atomic E-state index is 9.47. The lowest BCUT2D eigenvalue weighted by Crippen LogP contribution is -2.24. The van der Waals surface area contributed by atoms with Gasteiger partial charge in [0.15, 0.2) is 0 Å². The Bertz CT molecular complexity index is 233. The van der Waals surface area contributed by atoms with Crippen LogP contribution in [0.25, 0.3) is 0 Å². The van der Waals surface area contributed by atoms with E-state index in [9.17, 15) is 5.11 Å². The Hall–Kier alpha value is -0.120. The van der Waals surface area contributed by atoms with Crippen LogP contribution >= 0.6 is 0 Å². The lowest BCUT2D eigenvalue weighted by molar-refractivity contribution is -0.0350. The molecule has 24 heavy (non-hydrogen) atoms. The molecule has 146 valence electrons. The molecule has 0 aromatic carbocycles. The molecule has 0 aromatic heterocycles. The molecule has 0 saturated heterocycles. The van der Waals surface area contributed by atoms with E-state index in [2.05, 4.69) is 13.8 Å². The van der Waals surface area contributed by atoms with Gasteiger partial charge in [-0.25, -0.2) is 0 Å². The van der Waals surface area contributed by atoms with Crippen LogP contribution in [-0.2, 0) is 4.74 Å². The summed E-state index contributed by atoms with van der Waals surface area (Å²) in [4.78, 5) is 0. The van der Waals surface area contributed by atoms with Gasteiger partial charge in [0.1, 0.15) is 6.10 Å². The summed E-state index contributed by atoms with van der Waals surface area (Å²) in [6, 6.07) is 0. The molecule has 0 aromatic rings. The average Bonchev–Trinajstić information content (AvgIpc) is 2.60. The van der Waals surface area contributed by atoms with Crippen LogP contribution in [0.2, 0.25) is 0 Å². The standard InChI is InChI=1S/C21H44O3/c1-3-5-7-9-10-11-12-13-15-17-21(16-14-8-6-4-2)24-19-20(23)18-22/h20-23H,3-19H2,1-2H3/t20-,21?/m0/s1. The average molecular weight is 345 g/mol. The van der Waals surface area contributed by atoms with Gasteiger partial charge in [-0.15, -0.1) is 0 Å². The Labute approximate surface area is 151 Å². The molecule has 0 aliphatic rings. The summed E-state index contributed by atoms with van der Waals surface area (Å²) in [7, 11) is 0. The van der Waals surface area contributed by atoms with Crippen molar-refractivity contribution in [1.82, 2.24) is 0 Å². The lowest BCUT2D eigenvalue weighted by atomic mass is 10.0. The van der Waals surface area contributed by atoms with Crippen molar-refractivity contribution in [2.24, 2.45) is 0 Å². The third-order valence-electron chi connectivity index (χ3n) is 4.74. The molecule has 3 nitrogen and oxygen atoms in total. The van der Waals surface area contributed by atoms with E-state index in [1.807, 2.05) is 0 Å². The summed E-state index contributed by atoms with van der Waals surface area (Å²) in [5.41, 5.74) is 0. The quantitative estimate of drug-likeness (QED) is 0.299. The van der Waals surface area contributed by atoms with Crippen molar-refractivity contribution in [2.45, 2.75) is 122 Å². The third-order valence-corrected chi connectivity index (χ3v) is 4.74. The van der Waals surface area contributed by atoms with Crippen LogP contribution in [-0.4, -0.2) is 35.6 Å². The normalized spacial score (nSPS) is 14.0. The summed E-state index contributed by atoms with van der Waals surface area (Å²) < 4.78 is 5.84. The van der Waals surface area contributed by atoms with Crippen LogP contribution in [0, 0.1) is 0 Å². The molecular formula is C21H44O3. The molecule has 3 heteroatoms. The molecule has 0 aliphatic carbocycles. The predicted molar refractivity (Wildman–Crippen MR) is 103 cm³/mol. The number of hydrogen-bond donors (Lipinski definition) is 2. The Kier molecular flexibility index (Phi) is 19.1. The van der Waals surface area contributed by atoms with Gasteiger partial charge in [-0.1, -0.05) is 97.3 Å². The van der Waals surface area contributed by atoms with E-state index in [0.717, 1.165) is 12.8 Å². The van der Waals surface area contributed by atoms with Crippen molar-refractivity contribution >= 4 is 0 Å². The van der Waals surface area contributed by atoms with Gasteiger partial charge in [0, 0.05) is 0 Å². The maximum absolute atomic E-state index is 9.47. The summed E-state index contributed by atoms with van der Waals surface area (Å²) >= 11 is 0. The van der Waals surface area contributed by atoms with Gasteiger partial charge in [-0.3, -0.25) is 0 Å². The number of hydrogen-bond acceptors (Lipinski definition) is 3. The minimum Gasteiger partial charge on any atom is -0.394 e. The van der Waals surface area contributed by atoms with Crippen LogP contribution in [0.4, 0.5) is 0 Å². The van der Waals surface area contributed by atoms with Gasteiger partial charge in [-0.05, 0) is 12.8 Å². The molecule has 0 aliphatic heterocycles. The van der Waals surface area contributed by atoms with Gasteiger partial charge >= 0.3 is 0 Å².